The second-order valence-electron chi connectivity index (χ2n) is 4.68. The Balaban J connectivity index is 2.04. The molecule has 0 radical (unpaired) electrons. The highest BCUT2D eigenvalue weighted by molar-refractivity contribution is 6.36. The second-order valence-corrected chi connectivity index (χ2v) is 5.52. The van der Waals surface area contributed by atoms with Crippen molar-refractivity contribution in [2.45, 2.75) is 6.92 Å². The molecule has 1 heterocycles. The number of hydrogen-bond acceptors (Lipinski definition) is 4. The molecule has 3 aromatic rings. The van der Waals surface area contributed by atoms with E-state index >= 15 is 0 Å². The predicted molar refractivity (Wildman–Crippen MR) is 86.5 cm³/mol. The van der Waals surface area contributed by atoms with Gasteiger partial charge >= 0.3 is 0 Å². The summed E-state index contributed by atoms with van der Waals surface area (Å²) in [5.74, 6) is 1.60. The molecule has 4 nitrogen and oxygen atoms in total. The fourth-order valence-electron chi connectivity index (χ4n) is 2.18. The van der Waals surface area contributed by atoms with Crippen molar-refractivity contribution >= 4 is 23.2 Å². The third-order valence-electron chi connectivity index (χ3n) is 3.33. The van der Waals surface area contributed by atoms with E-state index in [9.17, 15) is 0 Å². The third kappa shape index (κ3) is 2.67. The molecule has 0 amide bonds. The molecule has 0 N–H and O–H groups in total. The average molecular weight is 335 g/mol. The van der Waals surface area contributed by atoms with E-state index in [1.807, 2.05) is 25.1 Å². The summed E-state index contributed by atoms with van der Waals surface area (Å²) in [5, 5.41) is 5.03. The molecule has 0 aliphatic rings. The molecule has 0 atom stereocenters. The summed E-state index contributed by atoms with van der Waals surface area (Å²) >= 11 is 12.1. The maximum Gasteiger partial charge on any atom is 0.258 e. The van der Waals surface area contributed by atoms with Crippen molar-refractivity contribution in [3.8, 4) is 28.6 Å². The predicted octanol–water partition coefficient (Wildman–Crippen LogP) is 5.03. The summed E-state index contributed by atoms with van der Waals surface area (Å²) in [5.41, 5.74) is 2.42. The Morgan fingerprint density at radius 3 is 2.64 bits per heavy atom. The number of benzene rings is 2. The summed E-state index contributed by atoms with van der Waals surface area (Å²) in [4.78, 5) is 4.42. The zero-order valence-corrected chi connectivity index (χ0v) is 13.4. The van der Waals surface area contributed by atoms with Gasteiger partial charge in [-0.05, 0) is 37.3 Å². The maximum absolute atomic E-state index is 6.17. The minimum absolute atomic E-state index is 0.414. The Kier molecular flexibility index (Phi) is 4.05. The first kappa shape index (κ1) is 14.9. The summed E-state index contributed by atoms with van der Waals surface area (Å²) in [6.07, 6.45) is 0. The molecular weight excluding hydrogens is 323 g/mol. The summed E-state index contributed by atoms with van der Waals surface area (Å²) in [6, 6.07) is 10.8. The molecule has 22 heavy (non-hydrogen) atoms. The van der Waals surface area contributed by atoms with Crippen LogP contribution in [0, 0.1) is 6.92 Å². The fraction of sp³-hybridized carbons (Fsp3) is 0.125. The van der Waals surface area contributed by atoms with E-state index in [2.05, 4.69) is 10.1 Å². The lowest BCUT2D eigenvalue weighted by Crippen LogP contribution is -1.90. The van der Waals surface area contributed by atoms with Gasteiger partial charge in [0, 0.05) is 21.7 Å². The molecule has 0 aliphatic carbocycles. The van der Waals surface area contributed by atoms with Gasteiger partial charge in [-0.25, -0.2) is 0 Å². The lowest BCUT2D eigenvalue weighted by atomic mass is 10.1. The van der Waals surface area contributed by atoms with Gasteiger partial charge in [-0.3, -0.25) is 0 Å². The van der Waals surface area contributed by atoms with Crippen molar-refractivity contribution in [1.82, 2.24) is 10.1 Å². The monoisotopic (exact) mass is 334 g/mol. The van der Waals surface area contributed by atoms with Gasteiger partial charge in [0.25, 0.3) is 5.89 Å². The molecule has 0 saturated heterocycles. The molecule has 0 aliphatic heterocycles. The highest BCUT2D eigenvalue weighted by Gasteiger charge is 2.16. The maximum atomic E-state index is 6.17. The minimum atomic E-state index is 0.414. The number of halogens is 2. The first-order valence-corrected chi connectivity index (χ1v) is 7.29. The van der Waals surface area contributed by atoms with E-state index in [0.717, 1.165) is 16.9 Å². The van der Waals surface area contributed by atoms with Crippen LogP contribution in [0.25, 0.3) is 22.8 Å². The Morgan fingerprint density at radius 2 is 1.91 bits per heavy atom. The third-order valence-corrected chi connectivity index (χ3v) is 3.88. The highest BCUT2D eigenvalue weighted by atomic mass is 35.5. The van der Waals surface area contributed by atoms with Gasteiger partial charge in [-0.15, -0.1) is 0 Å². The second kappa shape index (κ2) is 5.99. The summed E-state index contributed by atoms with van der Waals surface area (Å²) in [6.45, 7) is 1.94. The lowest BCUT2D eigenvalue weighted by Gasteiger charge is -2.06. The van der Waals surface area contributed by atoms with Crippen molar-refractivity contribution in [3.63, 3.8) is 0 Å². The minimum Gasteiger partial charge on any atom is -0.496 e. The van der Waals surface area contributed by atoms with E-state index in [1.165, 1.54) is 0 Å². The highest BCUT2D eigenvalue weighted by Crippen LogP contribution is 2.32. The van der Waals surface area contributed by atoms with Gasteiger partial charge in [-0.1, -0.05) is 34.4 Å². The molecule has 6 heteroatoms. The van der Waals surface area contributed by atoms with Crippen LogP contribution in [-0.4, -0.2) is 17.3 Å². The first-order chi connectivity index (χ1) is 10.6. The zero-order valence-electron chi connectivity index (χ0n) is 11.9. The molecule has 0 unspecified atom stereocenters. The van der Waals surface area contributed by atoms with Crippen molar-refractivity contribution < 1.29 is 9.26 Å². The van der Waals surface area contributed by atoms with E-state index < -0.39 is 0 Å². The molecule has 0 saturated carbocycles. The van der Waals surface area contributed by atoms with Crippen LogP contribution >= 0.6 is 23.2 Å². The Morgan fingerprint density at radius 1 is 1.09 bits per heavy atom. The van der Waals surface area contributed by atoms with Crippen LogP contribution in [0.15, 0.2) is 40.9 Å². The van der Waals surface area contributed by atoms with Crippen molar-refractivity contribution in [1.29, 1.82) is 0 Å². The SMILES string of the molecule is COc1cccc(-c2nc(-c3ccc(Cl)cc3Cl)no2)c1C. The van der Waals surface area contributed by atoms with Crippen LogP contribution in [0.1, 0.15) is 5.56 Å². The molecule has 0 fully saturated rings. The van der Waals surface area contributed by atoms with Crippen LogP contribution in [-0.2, 0) is 0 Å². The Hall–Kier alpha value is -2.04. The van der Waals surface area contributed by atoms with Crippen molar-refractivity contribution in [3.05, 3.63) is 52.0 Å². The quantitative estimate of drug-likeness (QED) is 0.674. The number of nitrogens with zero attached hydrogens (tertiary/aromatic N) is 2. The Bertz CT molecular complexity index is 831. The van der Waals surface area contributed by atoms with E-state index in [-0.39, 0.29) is 0 Å². The van der Waals surface area contributed by atoms with Crippen molar-refractivity contribution in [2.75, 3.05) is 7.11 Å². The molecule has 1 aromatic heterocycles. The van der Waals surface area contributed by atoms with Gasteiger partial charge < -0.3 is 9.26 Å². The van der Waals surface area contributed by atoms with Crippen LogP contribution in [0.2, 0.25) is 10.0 Å². The van der Waals surface area contributed by atoms with Crippen LogP contribution in [0.4, 0.5) is 0 Å². The number of hydrogen-bond donors (Lipinski definition) is 0. The standard InChI is InChI=1S/C16H12Cl2N2O2/c1-9-11(4-3-5-14(9)21-2)16-19-15(20-22-16)12-7-6-10(17)8-13(12)18/h3-8H,1-2H3. The molecular formula is C16H12Cl2N2O2. The number of ether oxygens (including phenoxy) is 1. The van der Waals surface area contributed by atoms with Gasteiger partial charge in [-0.2, -0.15) is 4.98 Å². The average Bonchev–Trinajstić information content (AvgIpc) is 2.97. The molecule has 0 bridgehead atoms. The normalized spacial score (nSPS) is 10.7. The van der Waals surface area contributed by atoms with Crippen LogP contribution in [0.3, 0.4) is 0 Å². The topological polar surface area (TPSA) is 48.2 Å². The summed E-state index contributed by atoms with van der Waals surface area (Å²) < 4.78 is 10.7. The van der Waals surface area contributed by atoms with Gasteiger partial charge in [0.1, 0.15) is 5.75 Å². The molecule has 112 valence electrons. The van der Waals surface area contributed by atoms with Gasteiger partial charge in [0.05, 0.1) is 12.1 Å². The fourth-order valence-corrected chi connectivity index (χ4v) is 2.67. The zero-order chi connectivity index (χ0) is 15.7. The van der Waals surface area contributed by atoms with Crippen molar-refractivity contribution in [2.24, 2.45) is 0 Å². The molecule has 3 rings (SSSR count). The Labute approximate surface area is 137 Å². The molecule has 2 aromatic carbocycles. The lowest BCUT2D eigenvalue weighted by molar-refractivity contribution is 0.410. The van der Waals surface area contributed by atoms with Crippen LogP contribution < -0.4 is 4.74 Å². The van der Waals surface area contributed by atoms with Gasteiger partial charge in [0.15, 0.2) is 0 Å². The summed E-state index contributed by atoms with van der Waals surface area (Å²) in [7, 11) is 1.62. The number of methoxy groups -OCH3 is 1. The smallest absolute Gasteiger partial charge is 0.258 e. The van der Waals surface area contributed by atoms with E-state index in [4.69, 9.17) is 32.5 Å². The van der Waals surface area contributed by atoms with Crippen LogP contribution in [0.5, 0.6) is 5.75 Å². The number of rotatable bonds is 3. The van der Waals surface area contributed by atoms with Gasteiger partial charge in [0.2, 0.25) is 5.82 Å². The van der Waals surface area contributed by atoms with E-state index in [0.29, 0.717) is 27.3 Å². The molecule has 0 spiro atoms. The first-order valence-electron chi connectivity index (χ1n) is 6.53. The largest absolute Gasteiger partial charge is 0.496 e. The van der Waals surface area contributed by atoms with E-state index in [1.54, 1.807) is 25.3 Å². The number of aromatic nitrogens is 2.